The van der Waals surface area contributed by atoms with Crippen LogP contribution in [0.1, 0.15) is 16.7 Å². The summed E-state index contributed by atoms with van der Waals surface area (Å²) in [6.07, 6.45) is 0. The standard InChI is InChI=1S/C22H17ClN4OS/c1-13-7-8-15(10-17(13)23)25-20(28)12-29-21-9-14(2)16(11-24)22-26-18-5-3-4-6-19(18)27(21)22/h3-10H,12H2,1-2H3,(H,25,28). The minimum atomic E-state index is -0.130. The smallest absolute Gasteiger partial charge is 0.234 e. The van der Waals surface area contributed by atoms with Crippen molar-refractivity contribution in [1.82, 2.24) is 9.38 Å². The van der Waals surface area contributed by atoms with Crippen LogP contribution in [0.4, 0.5) is 5.69 Å². The largest absolute Gasteiger partial charge is 0.325 e. The quantitative estimate of drug-likeness (QED) is 0.451. The van der Waals surface area contributed by atoms with Gasteiger partial charge in [0.1, 0.15) is 6.07 Å². The van der Waals surface area contributed by atoms with Gasteiger partial charge in [-0.3, -0.25) is 9.20 Å². The Hall–Kier alpha value is -3.01. The third-order valence-corrected chi connectivity index (χ3v) is 6.07. The van der Waals surface area contributed by atoms with Gasteiger partial charge in [-0.1, -0.05) is 41.6 Å². The van der Waals surface area contributed by atoms with Crippen LogP contribution in [0.2, 0.25) is 5.02 Å². The number of thioether (sulfide) groups is 1. The Balaban J connectivity index is 1.65. The highest BCUT2D eigenvalue weighted by atomic mass is 35.5. The van der Waals surface area contributed by atoms with E-state index in [0.29, 0.717) is 21.9 Å². The number of fused-ring (bicyclic) bond motifs is 3. The topological polar surface area (TPSA) is 70.2 Å². The van der Waals surface area contributed by atoms with Crippen LogP contribution in [0.3, 0.4) is 0 Å². The number of aryl methyl sites for hydroxylation is 2. The zero-order valence-electron chi connectivity index (χ0n) is 15.9. The number of carbonyl (C=O) groups is 1. The molecule has 0 bridgehead atoms. The number of hydrogen-bond donors (Lipinski definition) is 1. The fourth-order valence-electron chi connectivity index (χ4n) is 3.17. The molecule has 4 rings (SSSR count). The van der Waals surface area contributed by atoms with Gasteiger partial charge in [-0.15, -0.1) is 0 Å². The maximum absolute atomic E-state index is 12.5. The molecule has 2 aromatic carbocycles. The van der Waals surface area contributed by atoms with Crippen molar-refractivity contribution < 1.29 is 4.79 Å². The number of rotatable bonds is 4. The van der Waals surface area contributed by atoms with E-state index in [1.54, 1.807) is 6.07 Å². The van der Waals surface area contributed by atoms with Crippen LogP contribution < -0.4 is 5.32 Å². The van der Waals surface area contributed by atoms with Gasteiger partial charge in [0.05, 0.1) is 27.4 Å². The molecule has 0 saturated heterocycles. The van der Waals surface area contributed by atoms with E-state index in [0.717, 1.165) is 27.2 Å². The lowest BCUT2D eigenvalue weighted by molar-refractivity contribution is -0.113. The summed E-state index contributed by atoms with van der Waals surface area (Å²) in [6, 6.07) is 17.4. The van der Waals surface area contributed by atoms with Crippen LogP contribution in [0.25, 0.3) is 16.7 Å². The first kappa shape index (κ1) is 19.3. The van der Waals surface area contributed by atoms with Gasteiger partial charge in [-0.05, 0) is 55.3 Å². The van der Waals surface area contributed by atoms with Crippen molar-refractivity contribution in [2.24, 2.45) is 0 Å². The number of benzene rings is 2. The number of aromatic nitrogens is 2. The Kier molecular flexibility index (Phi) is 5.18. The van der Waals surface area contributed by atoms with E-state index in [1.807, 2.05) is 60.7 Å². The highest BCUT2D eigenvalue weighted by Gasteiger charge is 2.16. The van der Waals surface area contributed by atoms with Gasteiger partial charge in [-0.25, -0.2) is 4.98 Å². The molecule has 2 heterocycles. The summed E-state index contributed by atoms with van der Waals surface area (Å²) in [5.41, 5.74) is 5.35. The fourth-order valence-corrected chi connectivity index (χ4v) is 4.27. The third kappa shape index (κ3) is 3.67. The monoisotopic (exact) mass is 420 g/mol. The highest BCUT2D eigenvalue weighted by molar-refractivity contribution is 7.99. The molecule has 0 atom stereocenters. The van der Waals surface area contributed by atoms with Crippen molar-refractivity contribution in [3.05, 3.63) is 70.2 Å². The zero-order chi connectivity index (χ0) is 20.5. The first-order valence-corrected chi connectivity index (χ1v) is 10.3. The molecule has 29 heavy (non-hydrogen) atoms. The second-order valence-electron chi connectivity index (χ2n) is 6.71. The molecule has 0 unspecified atom stereocenters. The Morgan fingerprint density at radius 1 is 1.21 bits per heavy atom. The number of carbonyl (C=O) groups excluding carboxylic acids is 1. The predicted octanol–water partition coefficient (Wildman–Crippen LogP) is 5.36. The summed E-state index contributed by atoms with van der Waals surface area (Å²) in [7, 11) is 0. The molecule has 144 valence electrons. The molecule has 2 aromatic heterocycles. The number of nitriles is 1. The number of hydrogen-bond acceptors (Lipinski definition) is 4. The molecule has 7 heteroatoms. The summed E-state index contributed by atoms with van der Waals surface area (Å²) in [4.78, 5) is 17.1. The van der Waals surface area contributed by atoms with Gasteiger partial charge < -0.3 is 5.32 Å². The average molecular weight is 421 g/mol. The minimum Gasteiger partial charge on any atom is -0.325 e. The molecule has 1 amide bonds. The zero-order valence-corrected chi connectivity index (χ0v) is 17.4. The predicted molar refractivity (Wildman–Crippen MR) is 118 cm³/mol. The molecular weight excluding hydrogens is 404 g/mol. The molecule has 1 N–H and O–H groups in total. The molecule has 0 fully saturated rings. The fraction of sp³-hybridized carbons (Fsp3) is 0.136. The summed E-state index contributed by atoms with van der Waals surface area (Å²) in [6.45, 7) is 3.80. The lowest BCUT2D eigenvalue weighted by Gasteiger charge is -2.10. The van der Waals surface area contributed by atoms with Gasteiger partial charge in [0, 0.05) is 10.7 Å². The average Bonchev–Trinajstić information content (AvgIpc) is 3.08. The van der Waals surface area contributed by atoms with Crippen LogP contribution in [0.5, 0.6) is 0 Å². The SMILES string of the molecule is Cc1ccc(NC(=O)CSc2cc(C)c(C#N)c3nc4ccccc4n23)cc1Cl. The number of nitrogens with zero attached hydrogens (tertiary/aromatic N) is 3. The van der Waals surface area contributed by atoms with Crippen molar-refractivity contribution in [1.29, 1.82) is 5.26 Å². The van der Waals surface area contributed by atoms with E-state index in [9.17, 15) is 10.1 Å². The molecule has 0 aliphatic carbocycles. The van der Waals surface area contributed by atoms with Gasteiger partial charge in [0.2, 0.25) is 5.91 Å². The van der Waals surface area contributed by atoms with Crippen molar-refractivity contribution in [2.75, 3.05) is 11.1 Å². The van der Waals surface area contributed by atoms with Crippen LogP contribution >= 0.6 is 23.4 Å². The third-order valence-electron chi connectivity index (χ3n) is 4.66. The Labute approximate surface area is 177 Å². The van der Waals surface area contributed by atoms with Crippen molar-refractivity contribution in [2.45, 2.75) is 18.9 Å². The number of para-hydroxylation sites is 2. The normalized spacial score (nSPS) is 11.0. The van der Waals surface area contributed by atoms with E-state index < -0.39 is 0 Å². The summed E-state index contributed by atoms with van der Waals surface area (Å²) >= 11 is 7.54. The minimum absolute atomic E-state index is 0.130. The lowest BCUT2D eigenvalue weighted by Crippen LogP contribution is -2.14. The molecule has 0 spiro atoms. The van der Waals surface area contributed by atoms with E-state index in [2.05, 4.69) is 16.4 Å². The van der Waals surface area contributed by atoms with E-state index >= 15 is 0 Å². The Morgan fingerprint density at radius 2 is 2.00 bits per heavy atom. The summed E-state index contributed by atoms with van der Waals surface area (Å²) in [5.74, 6) is 0.0906. The second-order valence-corrected chi connectivity index (χ2v) is 8.12. The molecule has 4 aromatic rings. The molecule has 0 aliphatic rings. The van der Waals surface area contributed by atoms with E-state index in [1.165, 1.54) is 11.8 Å². The lowest BCUT2D eigenvalue weighted by atomic mass is 10.2. The van der Waals surface area contributed by atoms with Crippen LogP contribution in [0, 0.1) is 25.2 Å². The Bertz CT molecular complexity index is 1310. The van der Waals surface area contributed by atoms with Crippen molar-refractivity contribution in [3.8, 4) is 6.07 Å². The van der Waals surface area contributed by atoms with Gasteiger partial charge >= 0.3 is 0 Å². The Morgan fingerprint density at radius 3 is 2.76 bits per heavy atom. The van der Waals surface area contributed by atoms with Crippen LogP contribution in [-0.2, 0) is 4.79 Å². The number of nitrogens with one attached hydrogen (secondary N) is 1. The summed E-state index contributed by atoms with van der Waals surface area (Å²) < 4.78 is 1.95. The first-order valence-electron chi connectivity index (χ1n) is 8.97. The number of imidazole rings is 1. The molecule has 5 nitrogen and oxygen atoms in total. The second kappa shape index (κ2) is 7.78. The number of anilines is 1. The summed E-state index contributed by atoms with van der Waals surface area (Å²) in [5, 5.41) is 13.9. The molecular formula is C22H17ClN4OS. The number of halogens is 1. The van der Waals surface area contributed by atoms with Crippen LogP contribution in [0.15, 0.2) is 53.6 Å². The molecule has 0 saturated carbocycles. The van der Waals surface area contributed by atoms with Gasteiger partial charge in [-0.2, -0.15) is 5.26 Å². The molecule has 0 aliphatic heterocycles. The first-order chi connectivity index (χ1) is 14.0. The van der Waals surface area contributed by atoms with E-state index in [4.69, 9.17) is 11.6 Å². The van der Waals surface area contributed by atoms with E-state index in [-0.39, 0.29) is 11.7 Å². The molecule has 0 radical (unpaired) electrons. The highest BCUT2D eigenvalue weighted by Crippen LogP contribution is 2.29. The maximum Gasteiger partial charge on any atom is 0.234 e. The number of amides is 1. The number of pyridine rings is 1. The van der Waals surface area contributed by atoms with Crippen LogP contribution in [-0.4, -0.2) is 21.0 Å². The van der Waals surface area contributed by atoms with Gasteiger partial charge in [0.15, 0.2) is 5.65 Å². The maximum atomic E-state index is 12.5. The van der Waals surface area contributed by atoms with Crippen molar-refractivity contribution >= 4 is 51.6 Å². The van der Waals surface area contributed by atoms with Crippen molar-refractivity contribution in [3.63, 3.8) is 0 Å². The van der Waals surface area contributed by atoms with Gasteiger partial charge in [0.25, 0.3) is 0 Å².